The van der Waals surface area contributed by atoms with Crippen LogP contribution in [-0.4, -0.2) is 16.7 Å². The largest absolute Gasteiger partial charge is 0.398 e. The van der Waals surface area contributed by atoms with Gasteiger partial charge in [0, 0.05) is 18.8 Å². The van der Waals surface area contributed by atoms with E-state index >= 15 is 0 Å². The summed E-state index contributed by atoms with van der Waals surface area (Å²) in [5, 5.41) is 8.40. The number of hydrogen-bond acceptors (Lipinski definition) is 4. The summed E-state index contributed by atoms with van der Waals surface area (Å²) in [4.78, 5) is 2.17. The van der Waals surface area contributed by atoms with E-state index in [4.69, 9.17) is 17.3 Å². The van der Waals surface area contributed by atoms with Crippen molar-refractivity contribution in [2.24, 2.45) is 0 Å². The molecule has 0 aliphatic carbocycles. The van der Waals surface area contributed by atoms with E-state index in [9.17, 15) is 0 Å². The van der Waals surface area contributed by atoms with E-state index in [1.165, 1.54) is 11.1 Å². The molecule has 0 fully saturated rings. The highest BCUT2D eigenvalue weighted by atomic mass is 35.5. The lowest BCUT2D eigenvalue weighted by molar-refractivity contribution is 0.714. The Morgan fingerprint density at radius 1 is 1.17 bits per heavy atom. The Morgan fingerprint density at radius 2 is 2.06 bits per heavy atom. The summed E-state index contributed by atoms with van der Waals surface area (Å²) < 4.78 is 0. The number of nitrogens with two attached hydrogens (primary N) is 1. The van der Waals surface area contributed by atoms with Gasteiger partial charge < -0.3 is 10.6 Å². The summed E-state index contributed by atoms with van der Waals surface area (Å²) in [6.07, 6.45) is 0.977. The van der Waals surface area contributed by atoms with Crippen molar-refractivity contribution >= 4 is 23.1 Å². The van der Waals surface area contributed by atoms with E-state index < -0.39 is 0 Å². The van der Waals surface area contributed by atoms with Gasteiger partial charge in [0.15, 0.2) is 11.0 Å². The molecule has 0 spiro atoms. The van der Waals surface area contributed by atoms with Crippen LogP contribution in [-0.2, 0) is 13.0 Å². The number of fused-ring (bicyclic) bond motifs is 1. The molecular weight excluding hydrogens is 248 g/mol. The molecule has 2 aromatic rings. The number of hydrogen-bond donors (Lipinski definition) is 1. The van der Waals surface area contributed by atoms with Gasteiger partial charge in [-0.1, -0.05) is 23.7 Å². The minimum atomic E-state index is 0.413. The molecule has 92 valence electrons. The topological polar surface area (TPSA) is 55.0 Å². The van der Waals surface area contributed by atoms with E-state index in [0.29, 0.717) is 5.15 Å². The first kappa shape index (κ1) is 11.3. The highest BCUT2D eigenvalue weighted by molar-refractivity contribution is 6.29. The van der Waals surface area contributed by atoms with Crippen LogP contribution >= 0.6 is 11.6 Å². The second kappa shape index (κ2) is 4.46. The minimum absolute atomic E-state index is 0.413. The van der Waals surface area contributed by atoms with Gasteiger partial charge in [0.05, 0.1) is 0 Å². The van der Waals surface area contributed by atoms with Gasteiger partial charge in [0.25, 0.3) is 0 Å². The van der Waals surface area contributed by atoms with Gasteiger partial charge in [-0.25, -0.2) is 0 Å². The van der Waals surface area contributed by atoms with Gasteiger partial charge in [-0.15, -0.1) is 10.2 Å². The Balaban J connectivity index is 1.90. The fourth-order valence-corrected chi connectivity index (χ4v) is 2.38. The van der Waals surface area contributed by atoms with Crippen LogP contribution in [0.3, 0.4) is 0 Å². The van der Waals surface area contributed by atoms with E-state index in [0.717, 1.165) is 31.0 Å². The zero-order chi connectivity index (χ0) is 12.5. The van der Waals surface area contributed by atoms with Gasteiger partial charge in [0.2, 0.25) is 0 Å². The van der Waals surface area contributed by atoms with Crippen LogP contribution in [0, 0.1) is 0 Å². The lowest BCUT2D eigenvalue weighted by Gasteiger charge is -2.30. The Bertz CT molecular complexity index is 568. The van der Waals surface area contributed by atoms with Crippen molar-refractivity contribution in [1.29, 1.82) is 0 Å². The van der Waals surface area contributed by atoms with Crippen molar-refractivity contribution in [3.05, 3.63) is 46.6 Å². The Kier molecular flexibility index (Phi) is 2.80. The first-order chi connectivity index (χ1) is 8.74. The lowest BCUT2D eigenvalue weighted by atomic mass is 9.98. The molecule has 1 aromatic carbocycles. The third kappa shape index (κ3) is 1.99. The molecule has 2 heterocycles. The standard InChI is InChI=1S/C13H13ClN4/c14-12-4-5-13(17-16-12)18-7-6-9-2-1-3-11(15)10(9)8-18/h1-5H,6-8,15H2. The van der Waals surface area contributed by atoms with Crippen LogP contribution in [0.1, 0.15) is 11.1 Å². The summed E-state index contributed by atoms with van der Waals surface area (Å²) in [7, 11) is 0. The van der Waals surface area contributed by atoms with Gasteiger partial charge in [-0.05, 0) is 35.7 Å². The van der Waals surface area contributed by atoms with Crippen molar-refractivity contribution in [1.82, 2.24) is 10.2 Å². The number of nitrogen functional groups attached to an aromatic ring is 1. The molecule has 0 saturated heterocycles. The second-order valence-electron chi connectivity index (χ2n) is 4.37. The quantitative estimate of drug-likeness (QED) is 0.800. The van der Waals surface area contributed by atoms with Gasteiger partial charge >= 0.3 is 0 Å². The fourth-order valence-electron chi connectivity index (χ4n) is 2.28. The Hall–Kier alpha value is -1.81. The number of anilines is 2. The Labute approximate surface area is 110 Å². The molecule has 1 aromatic heterocycles. The van der Waals surface area contributed by atoms with E-state index in [2.05, 4.69) is 21.2 Å². The lowest BCUT2D eigenvalue weighted by Crippen LogP contribution is -2.31. The van der Waals surface area contributed by atoms with Crippen molar-refractivity contribution in [2.45, 2.75) is 13.0 Å². The third-order valence-corrected chi connectivity index (χ3v) is 3.45. The fraction of sp³-hybridized carbons (Fsp3) is 0.231. The van der Waals surface area contributed by atoms with Gasteiger partial charge in [-0.2, -0.15) is 0 Å². The van der Waals surface area contributed by atoms with Crippen molar-refractivity contribution in [3.63, 3.8) is 0 Å². The highest BCUT2D eigenvalue weighted by Gasteiger charge is 2.19. The molecule has 0 amide bonds. The van der Waals surface area contributed by atoms with Gasteiger partial charge in [0.1, 0.15) is 0 Å². The first-order valence-electron chi connectivity index (χ1n) is 5.84. The summed E-state index contributed by atoms with van der Waals surface area (Å²) >= 11 is 5.74. The molecule has 0 saturated carbocycles. The summed E-state index contributed by atoms with van der Waals surface area (Å²) in [6.45, 7) is 1.70. The molecule has 0 bridgehead atoms. The Morgan fingerprint density at radius 3 is 2.83 bits per heavy atom. The van der Waals surface area contributed by atoms with E-state index in [-0.39, 0.29) is 0 Å². The first-order valence-corrected chi connectivity index (χ1v) is 6.22. The molecule has 2 N–H and O–H groups in total. The van der Waals surface area contributed by atoms with Crippen LogP contribution in [0.5, 0.6) is 0 Å². The van der Waals surface area contributed by atoms with Gasteiger partial charge in [-0.3, -0.25) is 0 Å². The molecule has 18 heavy (non-hydrogen) atoms. The maximum absolute atomic E-state index is 6.02. The monoisotopic (exact) mass is 260 g/mol. The molecule has 1 aliphatic rings. The smallest absolute Gasteiger partial charge is 0.151 e. The van der Waals surface area contributed by atoms with Crippen molar-refractivity contribution < 1.29 is 0 Å². The summed E-state index contributed by atoms with van der Waals surface area (Å²) in [6, 6.07) is 9.73. The van der Waals surface area contributed by atoms with Crippen LogP contribution < -0.4 is 10.6 Å². The minimum Gasteiger partial charge on any atom is -0.398 e. The van der Waals surface area contributed by atoms with Crippen LogP contribution in [0.15, 0.2) is 30.3 Å². The van der Waals surface area contributed by atoms with Crippen LogP contribution in [0.4, 0.5) is 11.5 Å². The molecule has 3 rings (SSSR count). The molecule has 0 unspecified atom stereocenters. The molecular formula is C13H13ClN4. The van der Waals surface area contributed by atoms with E-state index in [1.54, 1.807) is 6.07 Å². The molecule has 1 aliphatic heterocycles. The number of nitrogens with zero attached hydrogens (tertiary/aromatic N) is 3. The highest BCUT2D eigenvalue weighted by Crippen LogP contribution is 2.26. The molecule has 5 heteroatoms. The predicted octanol–water partition coefficient (Wildman–Crippen LogP) is 2.27. The number of aromatic nitrogens is 2. The maximum atomic E-state index is 6.02. The maximum Gasteiger partial charge on any atom is 0.151 e. The SMILES string of the molecule is Nc1cccc2c1CN(c1ccc(Cl)nn1)CC2. The molecule has 0 radical (unpaired) electrons. The molecule has 0 atom stereocenters. The van der Waals surface area contributed by atoms with Crippen molar-refractivity contribution in [3.8, 4) is 0 Å². The van der Waals surface area contributed by atoms with Crippen molar-refractivity contribution in [2.75, 3.05) is 17.2 Å². The number of rotatable bonds is 1. The predicted molar refractivity (Wildman–Crippen MR) is 72.7 cm³/mol. The normalized spacial score (nSPS) is 14.4. The average Bonchev–Trinajstić information content (AvgIpc) is 2.40. The average molecular weight is 261 g/mol. The molecule has 4 nitrogen and oxygen atoms in total. The third-order valence-electron chi connectivity index (χ3n) is 3.25. The zero-order valence-electron chi connectivity index (χ0n) is 9.81. The van der Waals surface area contributed by atoms with Crippen LogP contribution in [0.25, 0.3) is 0 Å². The van der Waals surface area contributed by atoms with Crippen LogP contribution in [0.2, 0.25) is 5.15 Å². The summed E-state index contributed by atoms with van der Waals surface area (Å²) in [5.74, 6) is 0.841. The number of benzene rings is 1. The summed E-state index contributed by atoms with van der Waals surface area (Å²) in [5.41, 5.74) is 9.39. The number of halogens is 1. The second-order valence-corrected chi connectivity index (χ2v) is 4.76. The van der Waals surface area contributed by atoms with E-state index in [1.807, 2.05) is 18.2 Å². The zero-order valence-corrected chi connectivity index (χ0v) is 10.6.